The van der Waals surface area contributed by atoms with Gasteiger partial charge in [0, 0.05) is 0 Å². The number of rotatable bonds is 3. The summed E-state index contributed by atoms with van der Waals surface area (Å²) in [5.41, 5.74) is 1.64. The third-order valence-corrected chi connectivity index (χ3v) is 10.7. The van der Waals surface area contributed by atoms with Gasteiger partial charge in [0.15, 0.2) is 0 Å². The van der Waals surface area contributed by atoms with Crippen LogP contribution in [0.15, 0.2) is 53.4 Å². The van der Waals surface area contributed by atoms with E-state index < -0.39 is 29.4 Å². The molecule has 0 amide bonds. The first-order chi connectivity index (χ1) is 9.91. The Morgan fingerprint density at radius 1 is 1.10 bits per heavy atom. The second-order valence-corrected chi connectivity index (χ2v) is 11.4. The summed E-state index contributed by atoms with van der Waals surface area (Å²) in [5, 5.41) is 0. The molecule has 1 unspecified atom stereocenters. The van der Waals surface area contributed by atoms with E-state index in [4.69, 9.17) is 5.58 Å². The van der Waals surface area contributed by atoms with Crippen LogP contribution in [0.25, 0.3) is 0 Å². The van der Waals surface area contributed by atoms with E-state index in [-0.39, 0.29) is 11.5 Å². The number of halogens is 1. The van der Waals surface area contributed by atoms with Crippen molar-refractivity contribution in [1.82, 2.24) is 0 Å². The van der Waals surface area contributed by atoms with Gasteiger partial charge in [0.1, 0.15) is 0 Å². The molecule has 0 spiro atoms. The Bertz CT molecular complexity index is 827. The first-order valence-electron chi connectivity index (χ1n) is 6.15. The summed E-state index contributed by atoms with van der Waals surface area (Å²) in [6, 6.07) is 13.0. The molecule has 0 aromatic heterocycles. The van der Waals surface area contributed by atoms with Crippen LogP contribution in [-0.4, -0.2) is 8.42 Å². The molecule has 0 saturated heterocycles. The van der Waals surface area contributed by atoms with Crippen molar-refractivity contribution in [1.29, 1.82) is 0 Å². The van der Waals surface area contributed by atoms with Gasteiger partial charge in [-0.25, -0.2) is 0 Å². The van der Waals surface area contributed by atoms with Crippen molar-refractivity contribution in [2.45, 2.75) is 18.4 Å². The van der Waals surface area contributed by atoms with Gasteiger partial charge in [-0.3, -0.25) is 0 Å². The van der Waals surface area contributed by atoms with Gasteiger partial charge in [0.2, 0.25) is 0 Å². The first kappa shape index (κ1) is 14.8. The molecular formula is C14H13IO5S. The fourth-order valence-corrected chi connectivity index (χ4v) is 9.10. The number of hydrogen-bond acceptors (Lipinski definition) is 5. The van der Waals surface area contributed by atoms with Crippen LogP contribution in [0.4, 0.5) is 0 Å². The molecule has 2 aromatic rings. The summed E-state index contributed by atoms with van der Waals surface area (Å²) in [6.45, 7) is 1.96. The van der Waals surface area contributed by atoms with Gasteiger partial charge < -0.3 is 0 Å². The van der Waals surface area contributed by atoms with Crippen molar-refractivity contribution in [3.05, 3.63) is 63.2 Å². The zero-order chi connectivity index (χ0) is 15.1. The molecule has 5 nitrogen and oxygen atoms in total. The molecule has 112 valence electrons. The van der Waals surface area contributed by atoms with Crippen LogP contribution in [0, 0.1) is 10.5 Å². The van der Waals surface area contributed by atoms with Crippen molar-refractivity contribution in [3.8, 4) is 0 Å². The molecule has 1 atom stereocenters. The van der Waals surface area contributed by atoms with Crippen LogP contribution in [0.1, 0.15) is 11.1 Å². The molecule has 0 aliphatic carbocycles. The Morgan fingerprint density at radius 2 is 1.76 bits per heavy atom. The maximum atomic E-state index is 12.7. The molecule has 1 aliphatic heterocycles. The fraction of sp³-hybridized carbons (Fsp3) is 0.143. The van der Waals surface area contributed by atoms with E-state index in [1.165, 1.54) is 12.1 Å². The van der Waals surface area contributed by atoms with Crippen molar-refractivity contribution in [3.63, 3.8) is 0 Å². The number of hydrogen-bond donors (Lipinski definition) is 0. The summed E-state index contributed by atoms with van der Waals surface area (Å²) < 4.78 is 47.9. The predicted molar refractivity (Wildman–Crippen MR) is 84.1 cm³/mol. The van der Waals surface area contributed by atoms with Gasteiger partial charge >= 0.3 is 128 Å². The van der Waals surface area contributed by atoms with Crippen LogP contribution in [0.3, 0.4) is 0 Å². The summed E-state index contributed by atoms with van der Waals surface area (Å²) in [6.07, 6.45) is 0. The Kier molecular flexibility index (Phi) is 3.68. The standard InChI is InChI=1S/C14H13IO5S/c1-11-6-8-13(9-7-11)21(17,18)20-15(16)14-5-3-2-4-12(14)10-19-15/h2-9H,10H2,1H3. The monoisotopic (exact) mass is 420 g/mol. The molecule has 21 heavy (non-hydrogen) atoms. The second kappa shape index (κ2) is 5.24. The molecule has 1 heterocycles. The first-order valence-corrected chi connectivity index (χ1v) is 11.3. The molecule has 0 N–H and O–H groups in total. The maximum absolute atomic E-state index is 12.7. The third-order valence-electron chi connectivity index (χ3n) is 3.04. The van der Waals surface area contributed by atoms with Crippen LogP contribution in [0.5, 0.6) is 0 Å². The van der Waals surface area contributed by atoms with Gasteiger partial charge in [-0.1, -0.05) is 0 Å². The third kappa shape index (κ3) is 2.78. The van der Waals surface area contributed by atoms with E-state index in [2.05, 4.69) is 0 Å². The zero-order valence-corrected chi connectivity index (χ0v) is 14.1. The predicted octanol–water partition coefficient (Wildman–Crippen LogP) is 3.32. The average molecular weight is 420 g/mol. The van der Waals surface area contributed by atoms with Crippen LogP contribution in [-0.2, 0) is 25.4 Å². The number of aryl methyl sites for hydroxylation is 1. The molecule has 0 bridgehead atoms. The summed E-state index contributed by atoms with van der Waals surface area (Å²) >= 11 is -4.66. The molecule has 2 aromatic carbocycles. The van der Waals surface area contributed by atoms with E-state index in [0.717, 1.165) is 5.56 Å². The molecule has 3 rings (SSSR count). The Morgan fingerprint density at radius 3 is 2.48 bits per heavy atom. The van der Waals surface area contributed by atoms with Gasteiger partial charge in [-0.15, -0.1) is 0 Å². The van der Waals surface area contributed by atoms with E-state index in [0.29, 0.717) is 9.13 Å². The number of fused-ring (bicyclic) bond motifs is 1. The van der Waals surface area contributed by atoms with E-state index >= 15 is 0 Å². The Labute approximate surface area is 128 Å². The van der Waals surface area contributed by atoms with E-state index in [9.17, 15) is 11.5 Å². The topological polar surface area (TPSA) is 69.7 Å². The van der Waals surface area contributed by atoms with Crippen molar-refractivity contribution >= 4 is 29.4 Å². The minimum atomic E-state index is -4.66. The molecule has 7 heteroatoms. The quantitative estimate of drug-likeness (QED) is 0.713. The zero-order valence-electron chi connectivity index (χ0n) is 11.2. The molecule has 0 fully saturated rings. The van der Waals surface area contributed by atoms with Crippen molar-refractivity contribution in [2.24, 2.45) is 0 Å². The van der Waals surface area contributed by atoms with Crippen LogP contribution < -0.4 is 0 Å². The fourth-order valence-electron chi connectivity index (χ4n) is 1.93. The Balaban J connectivity index is 1.97. The van der Waals surface area contributed by atoms with Gasteiger partial charge in [-0.05, 0) is 0 Å². The summed E-state index contributed by atoms with van der Waals surface area (Å²) in [4.78, 5) is -0.0279. The molecule has 1 aliphatic rings. The minimum absolute atomic E-state index is 0.0279. The summed E-state index contributed by atoms with van der Waals surface area (Å²) in [5.74, 6) is 0. The van der Waals surface area contributed by atoms with Crippen LogP contribution >= 0.6 is 19.3 Å². The normalized spacial score (nSPS) is 24.2. The van der Waals surface area contributed by atoms with E-state index in [1.54, 1.807) is 36.4 Å². The van der Waals surface area contributed by atoms with Crippen molar-refractivity contribution < 1.29 is 17.1 Å². The summed E-state index contributed by atoms with van der Waals surface area (Å²) in [7, 11) is -4.12. The molecule has 0 radical (unpaired) electrons. The van der Waals surface area contributed by atoms with E-state index in [1.807, 2.05) is 6.92 Å². The van der Waals surface area contributed by atoms with Crippen LogP contribution in [0.2, 0.25) is 0 Å². The van der Waals surface area contributed by atoms with Crippen molar-refractivity contribution in [2.75, 3.05) is 0 Å². The molecular weight excluding hydrogens is 407 g/mol. The Hall–Kier alpha value is -1.16. The van der Waals surface area contributed by atoms with Gasteiger partial charge in [0.25, 0.3) is 0 Å². The SMILES string of the molecule is Cc1ccc(S(=O)(=O)OI2(=O)OCc3ccccc32)cc1. The number of benzene rings is 2. The second-order valence-electron chi connectivity index (χ2n) is 4.60. The molecule has 0 saturated carbocycles. The van der Waals surface area contributed by atoms with Gasteiger partial charge in [-0.2, -0.15) is 0 Å². The van der Waals surface area contributed by atoms with Gasteiger partial charge in [0.05, 0.1) is 0 Å². The average Bonchev–Trinajstić information content (AvgIpc) is 2.77.